The van der Waals surface area contributed by atoms with Crippen molar-refractivity contribution < 1.29 is 9.90 Å². The van der Waals surface area contributed by atoms with Crippen LogP contribution in [0.2, 0.25) is 0 Å². The summed E-state index contributed by atoms with van der Waals surface area (Å²) < 4.78 is 0. The molecule has 1 amide bonds. The summed E-state index contributed by atoms with van der Waals surface area (Å²) in [7, 11) is 1.93. The van der Waals surface area contributed by atoms with Crippen molar-refractivity contribution in [3.63, 3.8) is 0 Å². The van der Waals surface area contributed by atoms with Crippen molar-refractivity contribution in [1.82, 2.24) is 16.0 Å². The number of hydrogen-bond acceptors (Lipinski definition) is 5. The van der Waals surface area contributed by atoms with Gasteiger partial charge in [-0.15, -0.1) is 0 Å². The molecule has 5 N–H and O–H groups in total. The van der Waals surface area contributed by atoms with Crippen LogP contribution in [0.15, 0.2) is 47.9 Å². The van der Waals surface area contributed by atoms with E-state index >= 15 is 0 Å². The molecule has 6 heteroatoms. The lowest BCUT2D eigenvalue weighted by Crippen LogP contribution is -2.31. The van der Waals surface area contributed by atoms with Crippen LogP contribution in [0.25, 0.3) is 0 Å². The summed E-state index contributed by atoms with van der Waals surface area (Å²) in [6.07, 6.45) is 8.16. The number of aliphatic hydroxyl groups excluding tert-OH is 1. The molecular formula is C21H34N4O2. The lowest BCUT2D eigenvalue weighted by Gasteiger charge is -2.16. The molecule has 6 nitrogen and oxygen atoms in total. The number of aliphatic hydroxyl groups is 1. The maximum absolute atomic E-state index is 10.7. The van der Waals surface area contributed by atoms with E-state index in [0.717, 1.165) is 43.7 Å². The van der Waals surface area contributed by atoms with Gasteiger partial charge in [-0.3, -0.25) is 4.79 Å². The van der Waals surface area contributed by atoms with Gasteiger partial charge < -0.3 is 26.4 Å². The second-order valence-corrected chi connectivity index (χ2v) is 6.38. The van der Waals surface area contributed by atoms with E-state index < -0.39 is 6.04 Å². The van der Waals surface area contributed by atoms with Gasteiger partial charge in [-0.05, 0) is 76.9 Å². The zero-order valence-corrected chi connectivity index (χ0v) is 16.7. The van der Waals surface area contributed by atoms with E-state index in [1.165, 1.54) is 5.70 Å². The van der Waals surface area contributed by atoms with Gasteiger partial charge in [0.05, 0.1) is 6.04 Å². The fraction of sp³-hybridized carbons (Fsp3) is 0.476. The van der Waals surface area contributed by atoms with Crippen LogP contribution in [-0.4, -0.2) is 37.8 Å². The Balaban J connectivity index is 2.51. The van der Waals surface area contributed by atoms with E-state index in [2.05, 4.69) is 27.3 Å². The molecule has 1 rings (SSSR count). The number of hydrogen-bond donors (Lipinski definition) is 5. The zero-order chi connectivity index (χ0) is 19.9. The van der Waals surface area contributed by atoms with E-state index in [1.54, 1.807) is 13.0 Å². The Morgan fingerprint density at radius 3 is 2.48 bits per heavy atom. The summed E-state index contributed by atoms with van der Waals surface area (Å²) in [5, 5.41) is 22.4. The molecule has 1 atom stereocenters. The lowest BCUT2D eigenvalue weighted by atomic mass is 10.0. The van der Waals surface area contributed by atoms with Crippen molar-refractivity contribution in [2.75, 3.05) is 25.6 Å². The molecule has 0 fully saturated rings. The minimum atomic E-state index is -0.395. The van der Waals surface area contributed by atoms with Crippen LogP contribution in [0.1, 0.15) is 38.7 Å². The first-order valence-corrected chi connectivity index (χ1v) is 9.55. The second kappa shape index (κ2) is 13.8. The van der Waals surface area contributed by atoms with Gasteiger partial charge in [-0.25, -0.2) is 0 Å². The number of unbranched alkanes of at least 4 members (excludes halogenated alkanes) is 1. The molecule has 27 heavy (non-hydrogen) atoms. The molecule has 0 aromatic heterocycles. The summed E-state index contributed by atoms with van der Waals surface area (Å²) in [4.78, 5) is 10.7. The lowest BCUT2D eigenvalue weighted by molar-refractivity contribution is -0.110. The highest BCUT2D eigenvalue weighted by Gasteiger charge is 2.12. The van der Waals surface area contributed by atoms with E-state index in [-0.39, 0.29) is 5.76 Å². The largest absolute Gasteiger partial charge is 0.510 e. The Morgan fingerprint density at radius 2 is 1.89 bits per heavy atom. The molecular weight excluding hydrogens is 340 g/mol. The number of anilines is 1. The second-order valence-electron chi connectivity index (χ2n) is 6.38. The molecule has 0 aliphatic heterocycles. The molecule has 0 spiro atoms. The third-order valence-electron chi connectivity index (χ3n) is 4.32. The van der Waals surface area contributed by atoms with Gasteiger partial charge in [0, 0.05) is 18.1 Å². The van der Waals surface area contributed by atoms with Gasteiger partial charge in [0.1, 0.15) is 5.76 Å². The van der Waals surface area contributed by atoms with Gasteiger partial charge in [0.15, 0.2) is 0 Å². The smallest absolute Gasteiger partial charge is 0.207 e. The van der Waals surface area contributed by atoms with Crippen LogP contribution in [0, 0.1) is 0 Å². The van der Waals surface area contributed by atoms with E-state index in [0.29, 0.717) is 12.8 Å². The highest BCUT2D eigenvalue weighted by Crippen LogP contribution is 2.17. The summed E-state index contributed by atoms with van der Waals surface area (Å²) >= 11 is 0. The standard InChI is InChI=1S/C21H34N4O2/c1-4-18(8-6-7-13-23-15-22-3)25-19-11-9-17(10-12-19)14-20(24-16-26)21(27)5-2/h4-5,9-12,16,20,22-23,25,27H,6-8,13-15H2,1-3H3,(H,24,26)/b18-4+,21-5?. The first-order chi connectivity index (χ1) is 13.1. The first kappa shape index (κ1) is 22.7. The Morgan fingerprint density at radius 1 is 1.15 bits per heavy atom. The maximum atomic E-state index is 10.7. The Kier molecular flexibility index (Phi) is 11.6. The third-order valence-corrected chi connectivity index (χ3v) is 4.32. The van der Waals surface area contributed by atoms with Crippen molar-refractivity contribution in [1.29, 1.82) is 0 Å². The molecule has 0 radical (unpaired) electrons. The molecule has 1 aromatic rings. The zero-order valence-electron chi connectivity index (χ0n) is 16.7. The summed E-state index contributed by atoms with van der Waals surface area (Å²) in [5.41, 5.74) is 3.30. The monoisotopic (exact) mass is 374 g/mol. The molecule has 0 aliphatic carbocycles. The molecule has 0 saturated carbocycles. The summed E-state index contributed by atoms with van der Waals surface area (Å²) in [5.74, 6) is 0.171. The van der Waals surface area contributed by atoms with Gasteiger partial charge >= 0.3 is 0 Å². The number of carbonyl (C=O) groups excluding carboxylic acids is 1. The highest BCUT2D eigenvalue weighted by atomic mass is 16.3. The highest BCUT2D eigenvalue weighted by molar-refractivity contribution is 5.50. The van der Waals surface area contributed by atoms with Crippen molar-refractivity contribution in [3.05, 3.63) is 53.4 Å². The van der Waals surface area contributed by atoms with Crippen LogP contribution in [-0.2, 0) is 11.2 Å². The number of allylic oxidation sites excluding steroid dienone is 3. The SMILES string of the molecule is CC=C(O)C(Cc1ccc(N/C(=C/C)CCCCNCNC)cc1)NC=O. The predicted octanol–water partition coefficient (Wildman–Crippen LogP) is 3.06. The quantitative estimate of drug-likeness (QED) is 0.150. The van der Waals surface area contributed by atoms with Gasteiger partial charge in [0.2, 0.25) is 6.41 Å². The third kappa shape index (κ3) is 9.26. The Labute approximate surface area is 163 Å². The van der Waals surface area contributed by atoms with Crippen molar-refractivity contribution >= 4 is 12.1 Å². The van der Waals surface area contributed by atoms with Crippen LogP contribution in [0.4, 0.5) is 5.69 Å². The number of amides is 1. The first-order valence-electron chi connectivity index (χ1n) is 9.55. The molecule has 0 saturated heterocycles. The fourth-order valence-corrected chi connectivity index (χ4v) is 2.74. The van der Waals surface area contributed by atoms with Crippen LogP contribution in [0.3, 0.4) is 0 Å². The predicted molar refractivity (Wildman–Crippen MR) is 113 cm³/mol. The molecule has 1 unspecified atom stereocenters. The molecule has 1 aromatic carbocycles. The van der Waals surface area contributed by atoms with Crippen LogP contribution < -0.4 is 21.3 Å². The Hall–Kier alpha value is -2.31. The molecule has 0 bridgehead atoms. The molecule has 0 aliphatic rings. The van der Waals surface area contributed by atoms with Crippen molar-refractivity contribution in [2.24, 2.45) is 0 Å². The minimum absolute atomic E-state index is 0.171. The van der Waals surface area contributed by atoms with Crippen LogP contribution in [0.5, 0.6) is 0 Å². The van der Waals surface area contributed by atoms with Crippen molar-refractivity contribution in [3.8, 4) is 0 Å². The topological polar surface area (TPSA) is 85.4 Å². The number of benzene rings is 1. The number of rotatable bonds is 14. The average molecular weight is 375 g/mol. The number of carbonyl (C=O) groups is 1. The van der Waals surface area contributed by atoms with E-state index in [1.807, 2.05) is 38.2 Å². The summed E-state index contributed by atoms with van der Waals surface area (Å²) in [6, 6.07) is 7.68. The normalized spacial score (nSPS) is 13.3. The van der Waals surface area contributed by atoms with E-state index in [9.17, 15) is 9.90 Å². The fourth-order valence-electron chi connectivity index (χ4n) is 2.74. The Bertz CT molecular complexity index is 597. The molecule has 150 valence electrons. The maximum Gasteiger partial charge on any atom is 0.207 e. The van der Waals surface area contributed by atoms with Gasteiger partial charge in [-0.1, -0.05) is 18.2 Å². The number of nitrogens with one attached hydrogen (secondary N) is 4. The summed E-state index contributed by atoms with van der Waals surface area (Å²) in [6.45, 7) is 5.65. The van der Waals surface area contributed by atoms with Gasteiger partial charge in [-0.2, -0.15) is 0 Å². The minimum Gasteiger partial charge on any atom is -0.510 e. The average Bonchev–Trinajstić information content (AvgIpc) is 2.70. The van der Waals surface area contributed by atoms with Crippen molar-refractivity contribution in [2.45, 2.75) is 45.6 Å². The van der Waals surface area contributed by atoms with Gasteiger partial charge in [0.25, 0.3) is 0 Å². The van der Waals surface area contributed by atoms with E-state index in [4.69, 9.17) is 0 Å². The molecule has 0 heterocycles. The van der Waals surface area contributed by atoms with Crippen LogP contribution >= 0.6 is 0 Å².